The van der Waals surface area contributed by atoms with E-state index in [2.05, 4.69) is 36.2 Å². The summed E-state index contributed by atoms with van der Waals surface area (Å²) in [6.45, 7) is 0. The molecule has 2 aromatic rings. The maximum Gasteiger partial charge on any atom is 0.188 e. The van der Waals surface area contributed by atoms with Crippen LogP contribution < -0.4 is 5.32 Å². The van der Waals surface area contributed by atoms with E-state index in [1.807, 2.05) is 5.38 Å². The van der Waals surface area contributed by atoms with Crippen LogP contribution in [0, 0.1) is 0 Å². The lowest BCUT2D eigenvalue weighted by Gasteiger charge is -1.99. The number of hydrogen-bond acceptors (Lipinski definition) is 5. The Labute approximate surface area is 87.2 Å². The molecule has 0 fully saturated rings. The number of nitrogens with one attached hydrogen (secondary N) is 1. The molecule has 0 radical (unpaired) electrons. The SMILES string of the molecule is Brc1cnc(Nc2nccs2)cn1. The number of anilines is 2. The van der Waals surface area contributed by atoms with E-state index in [9.17, 15) is 0 Å². The van der Waals surface area contributed by atoms with E-state index < -0.39 is 0 Å². The van der Waals surface area contributed by atoms with Gasteiger partial charge in [-0.25, -0.2) is 15.0 Å². The molecule has 0 spiro atoms. The molecule has 0 aliphatic carbocycles. The molecule has 0 saturated heterocycles. The Balaban J connectivity index is 2.15. The summed E-state index contributed by atoms with van der Waals surface area (Å²) in [5.74, 6) is 0.693. The molecule has 66 valence electrons. The lowest BCUT2D eigenvalue weighted by Crippen LogP contribution is -1.93. The van der Waals surface area contributed by atoms with Crippen LogP contribution in [-0.2, 0) is 0 Å². The molecule has 0 unspecified atom stereocenters. The van der Waals surface area contributed by atoms with E-state index >= 15 is 0 Å². The van der Waals surface area contributed by atoms with Crippen molar-refractivity contribution >= 4 is 38.2 Å². The van der Waals surface area contributed by atoms with Crippen LogP contribution in [0.3, 0.4) is 0 Å². The van der Waals surface area contributed by atoms with Gasteiger partial charge in [-0.3, -0.25) is 0 Å². The Kier molecular flexibility index (Phi) is 2.51. The van der Waals surface area contributed by atoms with Gasteiger partial charge in [0.15, 0.2) is 10.9 Å². The highest BCUT2D eigenvalue weighted by Crippen LogP contribution is 2.16. The quantitative estimate of drug-likeness (QED) is 0.897. The van der Waals surface area contributed by atoms with E-state index in [-0.39, 0.29) is 0 Å². The second-order valence-electron chi connectivity index (χ2n) is 2.19. The highest BCUT2D eigenvalue weighted by atomic mass is 79.9. The van der Waals surface area contributed by atoms with Crippen LogP contribution in [0.15, 0.2) is 28.6 Å². The average molecular weight is 257 g/mol. The molecular weight excluding hydrogens is 252 g/mol. The van der Waals surface area contributed by atoms with Gasteiger partial charge in [0.2, 0.25) is 0 Å². The molecule has 0 amide bonds. The predicted octanol–water partition coefficient (Wildman–Crippen LogP) is 2.44. The van der Waals surface area contributed by atoms with Crippen molar-refractivity contribution in [3.8, 4) is 0 Å². The topological polar surface area (TPSA) is 50.7 Å². The van der Waals surface area contributed by atoms with Gasteiger partial charge in [0.05, 0.1) is 12.4 Å². The van der Waals surface area contributed by atoms with E-state index in [0.717, 1.165) is 9.73 Å². The summed E-state index contributed by atoms with van der Waals surface area (Å²) in [5, 5.41) is 5.74. The number of aromatic nitrogens is 3. The fourth-order valence-electron chi connectivity index (χ4n) is 0.772. The lowest BCUT2D eigenvalue weighted by molar-refractivity contribution is 1.16. The Morgan fingerprint density at radius 2 is 2.15 bits per heavy atom. The van der Waals surface area contributed by atoms with Gasteiger partial charge in [-0.05, 0) is 15.9 Å². The molecule has 0 saturated carbocycles. The minimum Gasteiger partial charge on any atom is -0.315 e. The standard InChI is InChI=1S/C7H5BrN4S/c8-5-3-11-6(4-10-5)12-7-9-1-2-13-7/h1-4H,(H,9,11,12). The van der Waals surface area contributed by atoms with Crippen LogP contribution in [0.4, 0.5) is 10.9 Å². The molecule has 2 rings (SSSR count). The van der Waals surface area contributed by atoms with Gasteiger partial charge in [0.1, 0.15) is 4.60 Å². The number of rotatable bonds is 2. The van der Waals surface area contributed by atoms with Gasteiger partial charge < -0.3 is 5.32 Å². The van der Waals surface area contributed by atoms with E-state index in [1.54, 1.807) is 18.6 Å². The van der Waals surface area contributed by atoms with Crippen molar-refractivity contribution in [2.24, 2.45) is 0 Å². The van der Waals surface area contributed by atoms with Crippen molar-refractivity contribution in [3.63, 3.8) is 0 Å². The summed E-state index contributed by atoms with van der Waals surface area (Å²) >= 11 is 4.73. The third-order valence-electron chi connectivity index (χ3n) is 1.29. The Bertz CT molecular complexity index is 372. The first-order chi connectivity index (χ1) is 6.34. The fraction of sp³-hybridized carbons (Fsp3) is 0. The lowest BCUT2D eigenvalue weighted by atomic mass is 10.7. The zero-order chi connectivity index (χ0) is 9.10. The monoisotopic (exact) mass is 256 g/mol. The summed E-state index contributed by atoms with van der Waals surface area (Å²) in [7, 11) is 0. The maximum absolute atomic E-state index is 4.10. The molecule has 6 heteroatoms. The molecule has 13 heavy (non-hydrogen) atoms. The summed E-state index contributed by atoms with van der Waals surface area (Å²) < 4.78 is 0.720. The maximum atomic E-state index is 4.10. The molecule has 2 aromatic heterocycles. The van der Waals surface area contributed by atoms with Crippen molar-refractivity contribution in [1.82, 2.24) is 15.0 Å². The Morgan fingerprint density at radius 1 is 1.23 bits per heavy atom. The molecule has 4 nitrogen and oxygen atoms in total. The van der Waals surface area contributed by atoms with Gasteiger partial charge in [-0.2, -0.15) is 0 Å². The van der Waals surface area contributed by atoms with Gasteiger partial charge in [0.25, 0.3) is 0 Å². The first kappa shape index (κ1) is 8.58. The van der Waals surface area contributed by atoms with Gasteiger partial charge in [-0.1, -0.05) is 0 Å². The zero-order valence-corrected chi connectivity index (χ0v) is 8.84. The second-order valence-corrected chi connectivity index (χ2v) is 3.89. The Morgan fingerprint density at radius 3 is 2.77 bits per heavy atom. The molecule has 0 aliphatic rings. The third-order valence-corrected chi connectivity index (χ3v) is 2.39. The molecule has 2 heterocycles. The largest absolute Gasteiger partial charge is 0.315 e. The molecule has 0 atom stereocenters. The van der Waals surface area contributed by atoms with Crippen molar-refractivity contribution in [2.75, 3.05) is 5.32 Å². The number of thiazole rings is 1. The summed E-state index contributed by atoms with van der Waals surface area (Å²) in [6.07, 6.45) is 5.01. The number of halogens is 1. The highest BCUT2D eigenvalue weighted by Gasteiger charge is 1.97. The second kappa shape index (κ2) is 3.80. The first-order valence-electron chi connectivity index (χ1n) is 3.48. The first-order valence-corrected chi connectivity index (χ1v) is 5.16. The molecule has 0 aromatic carbocycles. The van der Waals surface area contributed by atoms with Crippen LogP contribution in [0.2, 0.25) is 0 Å². The van der Waals surface area contributed by atoms with Crippen molar-refractivity contribution in [2.45, 2.75) is 0 Å². The molecule has 0 bridgehead atoms. The van der Waals surface area contributed by atoms with Crippen LogP contribution in [0.5, 0.6) is 0 Å². The Hall–Kier alpha value is -1.01. The normalized spacial score (nSPS) is 9.92. The van der Waals surface area contributed by atoms with Gasteiger partial charge in [-0.15, -0.1) is 11.3 Å². The van der Waals surface area contributed by atoms with Gasteiger partial charge >= 0.3 is 0 Å². The minimum absolute atomic E-state index is 0.693. The number of nitrogens with zero attached hydrogens (tertiary/aromatic N) is 3. The molecule has 0 aliphatic heterocycles. The minimum atomic E-state index is 0.693. The third kappa shape index (κ3) is 2.22. The van der Waals surface area contributed by atoms with Crippen molar-refractivity contribution < 1.29 is 0 Å². The van der Waals surface area contributed by atoms with E-state index in [1.165, 1.54) is 11.3 Å². The van der Waals surface area contributed by atoms with Crippen molar-refractivity contribution in [1.29, 1.82) is 0 Å². The molecule has 1 N–H and O–H groups in total. The van der Waals surface area contributed by atoms with Crippen LogP contribution in [0.25, 0.3) is 0 Å². The van der Waals surface area contributed by atoms with Crippen LogP contribution in [-0.4, -0.2) is 15.0 Å². The van der Waals surface area contributed by atoms with Crippen molar-refractivity contribution in [3.05, 3.63) is 28.6 Å². The highest BCUT2D eigenvalue weighted by molar-refractivity contribution is 9.10. The number of hydrogen-bond donors (Lipinski definition) is 1. The fourth-order valence-corrected chi connectivity index (χ4v) is 1.51. The van der Waals surface area contributed by atoms with E-state index in [4.69, 9.17) is 0 Å². The summed E-state index contributed by atoms with van der Waals surface area (Å²) in [6, 6.07) is 0. The smallest absolute Gasteiger partial charge is 0.188 e. The van der Waals surface area contributed by atoms with Crippen LogP contribution >= 0.6 is 27.3 Å². The molecular formula is C7H5BrN4S. The zero-order valence-electron chi connectivity index (χ0n) is 6.44. The average Bonchev–Trinajstić information content (AvgIpc) is 2.62. The summed E-state index contributed by atoms with van der Waals surface area (Å²) in [5.41, 5.74) is 0. The summed E-state index contributed by atoms with van der Waals surface area (Å²) in [4.78, 5) is 12.2. The van der Waals surface area contributed by atoms with Crippen LogP contribution in [0.1, 0.15) is 0 Å². The predicted molar refractivity (Wildman–Crippen MR) is 55.1 cm³/mol. The van der Waals surface area contributed by atoms with E-state index in [0.29, 0.717) is 5.82 Å². The van der Waals surface area contributed by atoms with Gasteiger partial charge in [0, 0.05) is 11.6 Å².